The molecule has 110 valence electrons. The highest BCUT2D eigenvalue weighted by Crippen LogP contribution is 2.26. The monoisotopic (exact) mass is 384 g/mol. The summed E-state index contributed by atoms with van der Waals surface area (Å²) in [5.41, 5.74) is 2.06. The molecule has 0 unspecified atom stereocenters. The summed E-state index contributed by atoms with van der Waals surface area (Å²) in [7, 11) is 0. The molecule has 1 aromatic carbocycles. The minimum Gasteiger partial charge on any atom is -0.375 e. The standard InChI is InChI=1S/C15H14BrClN2OS/c16-11-1-2-13(12(17)7-11)18-8-15(20)19-5-3-14-10(9-19)4-6-21-14/h1-2,4,6-7,18H,3,5,8-9H2. The number of thiophene rings is 1. The highest BCUT2D eigenvalue weighted by atomic mass is 79.9. The van der Waals surface area contributed by atoms with Crippen molar-refractivity contribution in [3.8, 4) is 0 Å². The zero-order valence-electron chi connectivity index (χ0n) is 11.2. The van der Waals surface area contributed by atoms with Crippen LogP contribution in [0.4, 0.5) is 5.69 Å². The van der Waals surface area contributed by atoms with Gasteiger partial charge in [-0.1, -0.05) is 27.5 Å². The zero-order chi connectivity index (χ0) is 14.8. The van der Waals surface area contributed by atoms with Gasteiger partial charge in [-0.3, -0.25) is 4.79 Å². The van der Waals surface area contributed by atoms with E-state index in [4.69, 9.17) is 11.6 Å². The van der Waals surface area contributed by atoms with Crippen molar-refractivity contribution in [2.45, 2.75) is 13.0 Å². The number of carbonyl (C=O) groups excluding carboxylic acids is 1. The minimum absolute atomic E-state index is 0.103. The van der Waals surface area contributed by atoms with Crippen LogP contribution in [0.15, 0.2) is 34.1 Å². The number of nitrogens with zero attached hydrogens (tertiary/aromatic N) is 1. The Morgan fingerprint density at radius 3 is 3.10 bits per heavy atom. The normalized spacial score (nSPS) is 13.9. The van der Waals surface area contributed by atoms with Crippen LogP contribution >= 0.6 is 38.9 Å². The third kappa shape index (κ3) is 3.42. The van der Waals surface area contributed by atoms with E-state index in [-0.39, 0.29) is 12.5 Å². The number of halogens is 2. The third-order valence-electron chi connectivity index (χ3n) is 3.52. The van der Waals surface area contributed by atoms with E-state index in [1.54, 1.807) is 11.3 Å². The molecule has 6 heteroatoms. The topological polar surface area (TPSA) is 32.3 Å². The minimum atomic E-state index is 0.103. The Kier molecular flexibility index (Phi) is 4.52. The van der Waals surface area contributed by atoms with Gasteiger partial charge in [-0.15, -0.1) is 11.3 Å². The fourth-order valence-corrected chi connectivity index (χ4v) is 4.01. The molecule has 2 aromatic rings. The van der Waals surface area contributed by atoms with Gasteiger partial charge in [-0.25, -0.2) is 0 Å². The van der Waals surface area contributed by atoms with Gasteiger partial charge in [0.2, 0.25) is 5.91 Å². The van der Waals surface area contributed by atoms with Crippen molar-refractivity contribution < 1.29 is 4.79 Å². The van der Waals surface area contributed by atoms with Crippen LogP contribution in [-0.2, 0) is 17.8 Å². The fourth-order valence-electron chi connectivity index (χ4n) is 2.38. The molecule has 0 fully saturated rings. The molecule has 2 heterocycles. The van der Waals surface area contributed by atoms with E-state index in [9.17, 15) is 4.79 Å². The predicted molar refractivity (Wildman–Crippen MR) is 91.1 cm³/mol. The van der Waals surface area contributed by atoms with E-state index in [2.05, 4.69) is 32.7 Å². The lowest BCUT2D eigenvalue weighted by Gasteiger charge is -2.27. The van der Waals surface area contributed by atoms with Crippen LogP contribution in [-0.4, -0.2) is 23.9 Å². The Labute approximate surface area is 141 Å². The second-order valence-corrected chi connectivity index (χ2v) is 7.24. The van der Waals surface area contributed by atoms with E-state index >= 15 is 0 Å². The molecule has 1 aliphatic heterocycles. The molecular formula is C15H14BrClN2OS. The van der Waals surface area contributed by atoms with E-state index in [1.165, 1.54) is 10.4 Å². The van der Waals surface area contributed by atoms with Gasteiger partial charge in [0.1, 0.15) is 0 Å². The van der Waals surface area contributed by atoms with Crippen molar-refractivity contribution in [1.82, 2.24) is 4.90 Å². The van der Waals surface area contributed by atoms with E-state index in [1.807, 2.05) is 23.1 Å². The summed E-state index contributed by atoms with van der Waals surface area (Å²) in [6, 6.07) is 7.69. The second kappa shape index (κ2) is 6.38. The maximum atomic E-state index is 12.3. The highest BCUT2D eigenvalue weighted by Gasteiger charge is 2.21. The van der Waals surface area contributed by atoms with Crippen LogP contribution in [0.25, 0.3) is 0 Å². The second-order valence-electron chi connectivity index (χ2n) is 4.91. The fraction of sp³-hybridized carbons (Fsp3) is 0.267. The zero-order valence-corrected chi connectivity index (χ0v) is 14.4. The SMILES string of the molecule is O=C(CNc1ccc(Br)cc1Cl)N1CCc2sccc2C1. The molecule has 1 aliphatic rings. The van der Waals surface area contributed by atoms with Crippen molar-refractivity contribution in [2.24, 2.45) is 0 Å². The van der Waals surface area contributed by atoms with Crippen LogP contribution in [0.1, 0.15) is 10.4 Å². The van der Waals surface area contributed by atoms with Crippen molar-refractivity contribution in [1.29, 1.82) is 0 Å². The predicted octanol–water partition coefficient (Wildman–Crippen LogP) is 4.16. The van der Waals surface area contributed by atoms with Crippen molar-refractivity contribution >= 4 is 50.5 Å². The number of rotatable bonds is 3. The highest BCUT2D eigenvalue weighted by molar-refractivity contribution is 9.10. The lowest BCUT2D eigenvalue weighted by atomic mass is 10.1. The van der Waals surface area contributed by atoms with Crippen molar-refractivity contribution in [3.05, 3.63) is 49.6 Å². The van der Waals surface area contributed by atoms with E-state index < -0.39 is 0 Å². The first-order valence-electron chi connectivity index (χ1n) is 6.65. The molecular weight excluding hydrogens is 372 g/mol. The molecule has 0 saturated heterocycles. The first-order chi connectivity index (χ1) is 10.1. The number of hydrogen-bond donors (Lipinski definition) is 1. The summed E-state index contributed by atoms with van der Waals surface area (Å²) in [6.45, 7) is 1.77. The first kappa shape index (κ1) is 14.9. The summed E-state index contributed by atoms with van der Waals surface area (Å²) < 4.78 is 0.922. The third-order valence-corrected chi connectivity index (χ3v) is 5.35. The number of hydrogen-bond acceptors (Lipinski definition) is 3. The Balaban J connectivity index is 1.60. The van der Waals surface area contributed by atoms with Gasteiger partial charge >= 0.3 is 0 Å². The number of anilines is 1. The quantitative estimate of drug-likeness (QED) is 0.860. The Hall–Kier alpha value is -1.04. The van der Waals surface area contributed by atoms with Crippen molar-refractivity contribution in [3.63, 3.8) is 0 Å². The molecule has 0 radical (unpaired) electrons. The largest absolute Gasteiger partial charge is 0.375 e. The van der Waals surface area contributed by atoms with Gasteiger partial charge in [0.05, 0.1) is 17.3 Å². The summed E-state index contributed by atoms with van der Waals surface area (Å²) in [5.74, 6) is 0.103. The average Bonchev–Trinajstić information content (AvgIpc) is 2.93. The maximum Gasteiger partial charge on any atom is 0.242 e. The molecule has 1 amide bonds. The van der Waals surface area contributed by atoms with Gasteiger partial charge in [0.25, 0.3) is 0 Å². The molecule has 1 N–H and O–H groups in total. The molecule has 0 saturated carbocycles. The lowest BCUT2D eigenvalue weighted by molar-refractivity contribution is -0.130. The molecule has 1 aromatic heterocycles. The molecule has 0 aliphatic carbocycles. The number of nitrogens with one attached hydrogen (secondary N) is 1. The Bertz CT molecular complexity index is 673. The van der Waals surface area contributed by atoms with Gasteiger partial charge in [0, 0.05) is 22.4 Å². The molecule has 0 bridgehead atoms. The van der Waals surface area contributed by atoms with Crippen molar-refractivity contribution in [2.75, 3.05) is 18.4 Å². The number of carbonyl (C=O) groups is 1. The van der Waals surface area contributed by atoms with Crippen LogP contribution in [0.5, 0.6) is 0 Å². The van der Waals surface area contributed by atoms with Gasteiger partial charge < -0.3 is 10.2 Å². The van der Waals surface area contributed by atoms with Gasteiger partial charge in [-0.2, -0.15) is 0 Å². The first-order valence-corrected chi connectivity index (χ1v) is 8.70. The van der Waals surface area contributed by atoms with Crippen LogP contribution in [0.3, 0.4) is 0 Å². The van der Waals surface area contributed by atoms with E-state index in [0.717, 1.165) is 23.1 Å². The molecule has 0 spiro atoms. The van der Waals surface area contributed by atoms with Crippen LogP contribution < -0.4 is 5.32 Å². The summed E-state index contributed by atoms with van der Waals surface area (Å²) in [5, 5.41) is 5.82. The molecule has 0 atom stereocenters. The molecule has 3 nitrogen and oxygen atoms in total. The van der Waals surface area contributed by atoms with Crippen LogP contribution in [0, 0.1) is 0 Å². The summed E-state index contributed by atoms with van der Waals surface area (Å²) >= 11 is 11.3. The molecule has 21 heavy (non-hydrogen) atoms. The van der Waals surface area contributed by atoms with E-state index in [0.29, 0.717) is 11.6 Å². The Morgan fingerprint density at radius 1 is 1.43 bits per heavy atom. The maximum absolute atomic E-state index is 12.3. The smallest absolute Gasteiger partial charge is 0.242 e. The molecule has 3 rings (SSSR count). The van der Waals surface area contributed by atoms with Gasteiger partial charge in [-0.05, 0) is 41.6 Å². The number of benzene rings is 1. The number of amides is 1. The average molecular weight is 386 g/mol. The summed E-state index contributed by atoms with van der Waals surface area (Å²) in [6.07, 6.45) is 0.956. The summed E-state index contributed by atoms with van der Waals surface area (Å²) in [4.78, 5) is 15.6. The lowest BCUT2D eigenvalue weighted by Crippen LogP contribution is -2.38. The Morgan fingerprint density at radius 2 is 2.29 bits per heavy atom. The van der Waals surface area contributed by atoms with Gasteiger partial charge in [0.15, 0.2) is 0 Å². The van der Waals surface area contributed by atoms with Crippen LogP contribution in [0.2, 0.25) is 5.02 Å². The number of fused-ring (bicyclic) bond motifs is 1.